The Morgan fingerprint density at radius 3 is 2.90 bits per heavy atom. The molecule has 0 bridgehead atoms. The third-order valence-electron chi connectivity index (χ3n) is 3.38. The third kappa shape index (κ3) is 2.28. The van der Waals surface area contributed by atoms with Crippen LogP contribution in [0, 0.1) is 0 Å². The predicted octanol–water partition coefficient (Wildman–Crippen LogP) is 2.90. The SMILES string of the molecule is Cn1nc(CC(O)c2ccncc2Cl)c2ccccc21. The molecule has 2 heterocycles. The Morgan fingerprint density at radius 2 is 2.10 bits per heavy atom. The number of nitrogens with zero attached hydrogens (tertiary/aromatic N) is 3. The fourth-order valence-electron chi connectivity index (χ4n) is 2.39. The van der Waals surface area contributed by atoms with Gasteiger partial charge in [0, 0.05) is 36.8 Å². The highest BCUT2D eigenvalue weighted by Crippen LogP contribution is 2.27. The molecule has 0 aliphatic heterocycles. The van der Waals surface area contributed by atoms with Crippen molar-refractivity contribution in [1.82, 2.24) is 14.8 Å². The Morgan fingerprint density at radius 1 is 1.30 bits per heavy atom. The van der Waals surface area contributed by atoms with Gasteiger partial charge in [0.05, 0.1) is 22.3 Å². The van der Waals surface area contributed by atoms with Crippen molar-refractivity contribution in [2.24, 2.45) is 7.05 Å². The van der Waals surface area contributed by atoms with Crippen LogP contribution in [-0.2, 0) is 13.5 Å². The number of benzene rings is 1. The quantitative estimate of drug-likeness (QED) is 0.806. The van der Waals surface area contributed by atoms with Crippen molar-refractivity contribution in [1.29, 1.82) is 0 Å². The van der Waals surface area contributed by atoms with Gasteiger partial charge in [-0.2, -0.15) is 5.10 Å². The second-order valence-electron chi connectivity index (χ2n) is 4.70. The zero-order valence-electron chi connectivity index (χ0n) is 11.0. The molecule has 20 heavy (non-hydrogen) atoms. The normalized spacial score (nSPS) is 12.8. The van der Waals surface area contributed by atoms with Gasteiger partial charge in [-0.05, 0) is 12.1 Å². The fourth-order valence-corrected chi connectivity index (χ4v) is 2.63. The van der Waals surface area contributed by atoms with Crippen molar-refractivity contribution >= 4 is 22.5 Å². The minimum atomic E-state index is -0.691. The van der Waals surface area contributed by atoms with Gasteiger partial charge in [-0.15, -0.1) is 0 Å². The molecule has 1 unspecified atom stereocenters. The maximum Gasteiger partial charge on any atom is 0.0861 e. The van der Waals surface area contributed by atoms with Crippen LogP contribution < -0.4 is 0 Å². The van der Waals surface area contributed by atoms with Gasteiger partial charge in [-0.1, -0.05) is 29.8 Å². The summed E-state index contributed by atoms with van der Waals surface area (Å²) in [7, 11) is 1.90. The average molecular weight is 288 g/mol. The summed E-state index contributed by atoms with van der Waals surface area (Å²) in [6.45, 7) is 0. The highest BCUT2D eigenvalue weighted by molar-refractivity contribution is 6.31. The summed E-state index contributed by atoms with van der Waals surface area (Å²) >= 11 is 6.06. The third-order valence-corrected chi connectivity index (χ3v) is 3.70. The molecule has 0 aliphatic carbocycles. The van der Waals surface area contributed by atoms with Gasteiger partial charge in [0.2, 0.25) is 0 Å². The van der Waals surface area contributed by atoms with E-state index in [2.05, 4.69) is 10.1 Å². The first kappa shape index (κ1) is 13.1. The monoisotopic (exact) mass is 287 g/mol. The minimum absolute atomic E-state index is 0.422. The zero-order chi connectivity index (χ0) is 14.1. The lowest BCUT2D eigenvalue weighted by atomic mass is 10.0. The lowest BCUT2D eigenvalue weighted by molar-refractivity contribution is 0.177. The number of aliphatic hydroxyl groups is 1. The summed E-state index contributed by atoms with van der Waals surface area (Å²) in [6, 6.07) is 9.71. The summed E-state index contributed by atoms with van der Waals surface area (Å²) < 4.78 is 1.82. The van der Waals surface area contributed by atoms with Crippen molar-refractivity contribution in [3.8, 4) is 0 Å². The van der Waals surface area contributed by atoms with Crippen molar-refractivity contribution < 1.29 is 5.11 Å². The van der Waals surface area contributed by atoms with E-state index in [1.54, 1.807) is 12.3 Å². The Labute approximate surface area is 121 Å². The average Bonchev–Trinajstić information content (AvgIpc) is 2.76. The van der Waals surface area contributed by atoms with E-state index in [4.69, 9.17) is 11.6 Å². The number of aliphatic hydroxyl groups excluding tert-OH is 1. The smallest absolute Gasteiger partial charge is 0.0861 e. The Bertz CT molecular complexity index is 754. The summed E-state index contributed by atoms with van der Waals surface area (Å²) in [6.07, 6.45) is 2.90. The molecule has 0 aliphatic rings. The summed E-state index contributed by atoms with van der Waals surface area (Å²) in [5.74, 6) is 0. The number of aryl methyl sites for hydroxylation is 1. The van der Waals surface area contributed by atoms with Crippen LogP contribution in [0.1, 0.15) is 17.4 Å². The number of fused-ring (bicyclic) bond motifs is 1. The largest absolute Gasteiger partial charge is 0.388 e. The second kappa shape index (κ2) is 5.23. The Balaban J connectivity index is 1.96. The molecule has 0 saturated carbocycles. The number of rotatable bonds is 3. The molecule has 0 amide bonds. The lowest BCUT2D eigenvalue weighted by Gasteiger charge is -2.10. The van der Waals surface area contributed by atoms with E-state index in [-0.39, 0.29) is 0 Å². The molecule has 3 aromatic rings. The van der Waals surface area contributed by atoms with Gasteiger partial charge < -0.3 is 5.11 Å². The highest BCUT2D eigenvalue weighted by atomic mass is 35.5. The fraction of sp³-hybridized carbons (Fsp3) is 0.200. The van der Waals surface area contributed by atoms with E-state index in [0.717, 1.165) is 16.6 Å². The van der Waals surface area contributed by atoms with E-state index in [1.165, 1.54) is 6.20 Å². The molecule has 3 rings (SSSR count). The number of hydrogen-bond acceptors (Lipinski definition) is 3. The number of pyridine rings is 1. The molecule has 1 aromatic carbocycles. The molecular weight excluding hydrogens is 274 g/mol. The molecule has 0 saturated heterocycles. The lowest BCUT2D eigenvalue weighted by Crippen LogP contribution is -2.04. The molecule has 1 atom stereocenters. The van der Waals surface area contributed by atoms with E-state index >= 15 is 0 Å². The van der Waals surface area contributed by atoms with Gasteiger partial charge in [0.15, 0.2) is 0 Å². The van der Waals surface area contributed by atoms with Gasteiger partial charge >= 0.3 is 0 Å². The number of hydrogen-bond donors (Lipinski definition) is 1. The number of aromatic nitrogens is 3. The van der Waals surface area contributed by atoms with Gasteiger partial charge in [-0.3, -0.25) is 9.67 Å². The number of halogens is 1. The van der Waals surface area contributed by atoms with Crippen molar-refractivity contribution in [3.63, 3.8) is 0 Å². The molecular formula is C15H14ClN3O. The summed E-state index contributed by atoms with van der Waals surface area (Å²) in [5.41, 5.74) is 2.59. The molecule has 5 heteroatoms. The van der Waals surface area contributed by atoms with E-state index in [9.17, 15) is 5.11 Å². The molecule has 4 nitrogen and oxygen atoms in total. The highest BCUT2D eigenvalue weighted by Gasteiger charge is 2.16. The molecule has 102 valence electrons. The Kier molecular flexibility index (Phi) is 3.42. The van der Waals surface area contributed by atoms with Crippen LogP contribution in [0.2, 0.25) is 5.02 Å². The summed E-state index contributed by atoms with van der Waals surface area (Å²) in [5, 5.41) is 16.4. The van der Waals surface area contributed by atoms with Crippen molar-refractivity contribution in [3.05, 3.63) is 59.0 Å². The van der Waals surface area contributed by atoms with E-state index < -0.39 is 6.10 Å². The van der Waals surface area contributed by atoms with E-state index in [0.29, 0.717) is 17.0 Å². The minimum Gasteiger partial charge on any atom is -0.388 e. The zero-order valence-corrected chi connectivity index (χ0v) is 11.7. The topological polar surface area (TPSA) is 50.9 Å². The number of para-hydroxylation sites is 1. The molecule has 1 N–H and O–H groups in total. The standard InChI is InChI=1S/C15H14ClN3O/c1-19-14-5-3-2-4-11(14)13(18-19)8-15(20)10-6-7-17-9-12(10)16/h2-7,9,15,20H,8H2,1H3. The summed E-state index contributed by atoms with van der Waals surface area (Å²) in [4.78, 5) is 3.93. The van der Waals surface area contributed by atoms with Crippen LogP contribution in [0.4, 0.5) is 0 Å². The molecule has 2 aromatic heterocycles. The van der Waals surface area contributed by atoms with Crippen LogP contribution in [-0.4, -0.2) is 19.9 Å². The van der Waals surface area contributed by atoms with Gasteiger partial charge in [0.1, 0.15) is 0 Å². The maximum absolute atomic E-state index is 10.4. The first-order valence-electron chi connectivity index (χ1n) is 6.35. The first-order chi connectivity index (χ1) is 9.66. The van der Waals surface area contributed by atoms with Crippen molar-refractivity contribution in [2.45, 2.75) is 12.5 Å². The van der Waals surface area contributed by atoms with Gasteiger partial charge in [0.25, 0.3) is 0 Å². The van der Waals surface area contributed by atoms with Crippen LogP contribution in [0.3, 0.4) is 0 Å². The Hall–Kier alpha value is -1.91. The van der Waals surface area contributed by atoms with Crippen LogP contribution >= 0.6 is 11.6 Å². The maximum atomic E-state index is 10.4. The predicted molar refractivity (Wildman–Crippen MR) is 78.6 cm³/mol. The second-order valence-corrected chi connectivity index (χ2v) is 5.11. The van der Waals surface area contributed by atoms with Crippen LogP contribution in [0.25, 0.3) is 10.9 Å². The first-order valence-corrected chi connectivity index (χ1v) is 6.72. The van der Waals surface area contributed by atoms with Crippen molar-refractivity contribution in [2.75, 3.05) is 0 Å². The van der Waals surface area contributed by atoms with Gasteiger partial charge in [-0.25, -0.2) is 0 Å². The van der Waals surface area contributed by atoms with E-state index in [1.807, 2.05) is 36.0 Å². The molecule has 0 fully saturated rings. The van der Waals surface area contributed by atoms with Crippen LogP contribution in [0.5, 0.6) is 0 Å². The molecule has 0 spiro atoms. The molecule has 0 radical (unpaired) electrons. The van der Waals surface area contributed by atoms with Crippen LogP contribution in [0.15, 0.2) is 42.7 Å².